The van der Waals surface area contributed by atoms with E-state index < -0.39 is 10.0 Å². The van der Waals surface area contributed by atoms with Gasteiger partial charge in [-0.1, -0.05) is 30.3 Å². The SMILES string of the molecule is CCn1c(CNC(=O)c2cccc(NS(=O)(=O)c3cc(C)ccc3C)c2)nc2ccccc21. The average molecular weight is 463 g/mol. The second-order valence-electron chi connectivity index (χ2n) is 7.90. The van der Waals surface area contributed by atoms with Crippen LogP contribution in [0.15, 0.2) is 71.6 Å². The maximum Gasteiger partial charge on any atom is 0.262 e. The number of rotatable bonds is 7. The third-order valence-corrected chi connectivity index (χ3v) is 6.99. The zero-order chi connectivity index (χ0) is 23.6. The van der Waals surface area contributed by atoms with Crippen LogP contribution in [0.25, 0.3) is 11.0 Å². The van der Waals surface area contributed by atoms with E-state index in [9.17, 15) is 13.2 Å². The van der Waals surface area contributed by atoms with Gasteiger partial charge in [0.25, 0.3) is 15.9 Å². The first-order chi connectivity index (χ1) is 15.8. The molecule has 0 radical (unpaired) electrons. The number of carbonyl (C=O) groups excluding carboxylic acids is 1. The van der Waals surface area contributed by atoms with Gasteiger partial charge in [-0.2, -0.15) is 0 Å². The Morgan fingerprint density at radius 3 is 2.58 bits per heavy atom. The summed E-state index contributed by atoms with van der Waals surface area (Å²) in [5.74, 6) is 0.455. The minimum absolute atomic E-state index is 0.218. The standard InChI is InChI=1S/C25H26N4O3S/c1-4-29-22-11-6-5-10-21(22)27-24(29)16-26-25(30)19-8-7-9-20(15-19)28-33(31,32)23-14-17(2)12-13-18(23)3/h5-15,28H,4,16H2,1-3H3,(H,26,30). The van der Waals surface area contributed by atoms with Crippen molar-refractivity contribution in [3.63, 3.8) is 0 Å². The molecular weight excluding hydrogens is 436 g/mol. The number of amides is 1. The Bertz CT molecular complexity index is 1440. The van der Waals surface area contributed by atoms with Crippen molar-refractivity contribution in [2.45, 2.75) is 38.8 Å². The van der Waals surface area contributed by atoms with Gasteiger partial charge in [0, 0.05) is 17.8 Å². The Hall–Kier alpha value is -3.65. The van der Waals surface area contributed by atoms with Gasteiger partial charge in [-0.15, -0.1) is 0 Å². The highest BCUT2D eigenvalue weighted by Crippen LogP contribution is 2.21. The Labute approximate surface area is 193 Å². The monoisotopic (exact) mass is 462 g/mol. The lowest BCUT2D eigenvalue weighted by molar-refractivity contribution is 0.0949. The number of para-hydroxylation sites is 2. The summed E-state index contributed by atoms with van der Waals surface area (Å²) in [4.78, 5) is 17.6. The van der Waals surface area contributed by atoms with Gasteiger partial charge in [0.15, 0.2) is 0 Å². The smallest absolute Gasteiger partial charge is 0.262 e. The van der Waals surface area contributed by atoms with Gasteiger partial charge >= 0.3 is 0 Å². The predicted molar refractivity (Wildman–Crippen MR) is 130 cm³/mol. The van der Waals surface area contributed by atoms with E-state index in [0.29, 0.717) is 16.8 Å². The number of hydrogen-bond donors (Lipinski definition) is 2. The topological polar surface area (TPSA) is 93.1 Å². The molecule has 1 amide bonds. The van der Waals surface area contributed by atoms with Crippen molar-refractivity contribution < 1.29 is 13.2 Å². The van der Waals surface area contributed by atoms with Crippen LogP contribution >= 0.6 is 0 Å². The van der Waals surface area contributed by atoms with E-state index in [-0.39, 0.29) is 17.3 Å². The maximum absolute atomic E-state index is 12.9. The Kier molecular flexibility index (Phi) is 6.20. The zero-order valence-electron chi connectivity index (χ0n) is 18.8. The van der Waals surface area contributed by atoms with E-state index in [1.165, 1.54) is 6.07 Å². The van der Waals surface area contributed by atoms with Crippen molar-refractivity contribution in [2.75, 3.05) is 4.72 Å². The first kappa shape index (κ1) is 22.5. The molecule has 1 heterocycles. The lowest BCUT2D eigenvalue weighted by Crippen LogP contribution is -2.25. The van der Waals surface area contributed by atoms with E-state index in [4.69, 9.17) is 0 Å². The molecule has 3 aromatic carbocycles. The molecule has 4 rings (SSSR count). The quantitative estimate of drug-likeness (QED) is 0.426. The lowest BCUT2D eigenvalue weighted by atomic mass is 10.2. The molecule has 4 aromatic rings. The fraction of sp³-hybridized carbons (Fsp3) is 0.200. The molecule has 0 aliphatic rings. The maximum atomic E-state index is 12.9. The number of imidazole rings is 1. The largest absolute Gasteiger partial charge is 0.345 e. The fourth-order valence-electron chi connectivity index (χ4n) is 3.81. The minimum Gasteiger partial charge on any atom is -0.345 e. The molecule has 0 aliphatic heterocycles. The highest BCUT2D eigenvalue weighted by Gasteiger charge is 2.18. The van der Waals surface area contributed by atoms with Crippen molar-refractivity contribution in [1.82, 2.24) is 14.9 Å². The predicted octanol–water partition coefficient (Wildman–Crippen LogP) is 4.40. The summed E-state index contributed by atoms with van der Waals surface area (Å²) >= 11 is 0. The number of sulfonamides is 1. The molecule has 0 saturated carbocycles. The molecule has 0 spiro atoms. The van der Waals surface area contributed by atoms with Crippen LogP contribution in [0.3, 0.4) is 0 Å². The third kappa shape index (κ3) is 4.75. The van der Waals surface area contributed by atoms with Gasteiger partial charge in [-0.3, -0.25) is 9.52 Å². The van der Waals surface area contributed by atoms with Gasteiger partial charge in [-0.05, 0) is 68.3 Å². The molecule has 0 aliphatic carbocycles. The molecule has 0 saturated heterocycles. The number of fused-ring (bicyclic) bond motifs is 1. The summed E-state index contributed by atoms with van der Waals surface area (Å²) in [5, 5.41) is 2.89. The number of aryl methyl sites for hydroxylation is 3. The van der Waals surface area contributed by atoms with Crippen LogP contribution in [0.1, 0.15) is 34.2 Å². The Morgan fingerprint density at radius 2 is 1.79 bits per heavy atom. The first-order valence-corrected chi connectivity index (χ1v) is 12.2. The zero-order valence-corrected chi connectivity index (χ0v) is 19.6. The number of nitrogens with one attached hydrogen (secondary N) is 2. The van der Waals surface area contributed by atoms with Gasteiger partial charge in [0.1, 0.15) is 5.82 Å². The van der Waals surface area contributed by atoms with Gasteiger partial charge in [-0.25, -0.2) is 13.4 Å². The van der Waals surface area contributed by atoms with Gasteiger partial charge < -0.3 is 9.88 Å². The number of benzene rings is 3. The number of carbonyl (C=O) groups is 1. The number of nitrogens with zero attached hydrogens (tertiary/aromatic N) is 2. The Balaban J connectivity index is 1.51. The molecule has 33 heavy (non-hydrogen) atoms. The molecule has 1 aromatic heterocycles. The highest BCUT2D eigenvalue weighted by molar-refractivity contribution is 7.92. The first-order valence-electron chi connectivity index (χ1n) is 10.7. The minimum atomic E-state index is -3.78. The molecule has 2 N–H and O–H groups in total. The summed E-state index contributed by atoms with van der Waals surface area (Å²) in [5.41, 5.74) is 4.09. The third-order valence-electron chi connectivity index (χ3n) is 5.47. The number of anilines is 1. The molecule has 8 heteroatoms. The van der Waals surface area contributed by atoms with Crippen LogP contribution in [0.4, 0.5) is 5.69 Å². The summed E-state index contributed by atoms with van der Waals surface area (Å²) in [6.45, 7) is 6.63. The molecular formula is C25H26N4O3S. The molecule has 0 bridgehead atoms. The fourth-order valence-corrected chi connectivity index (χ4v) is 5.19. The molecule has 0 fully saturated rings. The summed E-state index contributed by atoms with van der Waals surface area (Å²) in [6.07, 6.45) is 0. The summed E-state index contributed by atoms with van der Waals surface area (Å²) in [6, 6.07) is 19.6. The van der Waals surface area contributed by atoms with E-state index in [1.807, 2.05) is 44.2 Å². The van der Waals surface area contributed by atoms with Crippen molar-refractivity contribution in [2.24, 2.45) is 0 Å². The van der Waals surface area contributed by atoms with Crippen molar-refractivity contribution >= 4 is 32.7 Å². The Morgan fingerprint density at radius 1 is 1.00 bits per heavy atom. The van der Waals surface area contributed by atoms with E-state index in [0.717, 1.165) is 29.0 Å². The van der Waals surface area contributed by atoms with Crippen LogP contribution in [0, 0.1) is 13.8 Å². The van der Waals surface area contributed by atoms with E-state index >= 15 is 0 Å². The molecule has 0 unspecified atom stereocenters. The van der Waals surface area contributed by atoms with Crippen LogP contribution in [-0.4, -0.2) is 23.9 Å². The summed E-state index contributed by atoms with van der Waals surface area (Å²) in [7, 11) is -3.78. The van der Waals surface area contributed by atoms with Crippen molar-refractivity contribution in [3.05, 3.63) is 89.2 Å². The van der Waals surface area contributed by atoms with Crippen molar-refractivity contribution in [1.29, 1.82) is 0 Å². The highest BCUT2D eigenvalue weighted by atomic mass is 32.2. The number of aromatic nitrogens is 2. The number of hydrogen-bond acceptors (Lipinski definition) is 4. The average Bonchev–Trinajstić information content (AvgIpc) is 3.16. The van der Waals surface area contributed by atoms with Crippen LogP contribution < -0.4 is 10.0 Å². The van der Waals surface area contributed by atoms with E-state index in [2.05, 4.69) is 19.6 Å². The van der Waals surface area contributed by atoms with E-state index in [1.54, 1.807) is 37.3 Å². The van der Waals surface area contributed by atoms with Crippen LogP contribution in [0.2, 0.25) is 0 Å². The van der Waals surface area contributed by atoms with Gasteiger partial charge in [0.2, 0.25) is 0 Å². The normalized spacial score (nSPS) is 11.5. The van der Waals surface area contributed by atoms with Crippen LogP contribution in [0.5, 0.6) is 0 Å². The second kappa shape index (κ2) is 9.07. The summed E-state index contributed by atoms with van der Waals surface area (Å²) < 4.78 is 30.4. The molecule has 7 nitrogen and oxygen atoms in total. The molecule has 170 valence electrons. The molecule has 0 atom stereocenters. The lowest BCUT2D eigenvalue weighted by Gasteiger charge is -2.12. The van der Waals surface area contributed by atoms with Crippen LogP contribution in [-0.2, 0) is 23.1 Å². The second-order valence-corrected chi connectivity index (χ2v) is 9.55. The van der Waals surface area contributed by atoms with Gasteiger partial charge in [0.05, 0.1) is 22.5 Å². The van der Waals surface area contributed by atoms with Crippen molar-refractivity contribution in [3.8, 4) is 0 Å².